The number of hydrogen-bond acceptors (Lipinski definition) is 1. The van der Waals surface area contributed by atoms with Gasteiger partial charge in [-0.2, -0.15) is 0 Å². The van der Waals surface area contributed by atoms with Crippen LogP contribution in [-0.2, 0) is 4.79 Å². The molecule has 2 aromatic rings. The van der Waals surface area contributed by atoms with Gasteiger partial charge < -0.3 is 5.32 Å². The van der Waals surface area contributed by atoms with E-state index in [1.54, 1.807) is 12.1 Å². The zero-order chi connectivity index (χ0) is 14.1. The second kappa shape index (κ2) is 5.25. The highest BCUT2D eigenvalue weighted by Crippen LogP contribution is 2.40. The molecule has 1 amide bonds. The topological polar surface area (TPSA) is 29.1 Å². The van der Waals surface area contributed by atoms with Crippen LogP contribution in [0, 0.1) is 5.82 Å². The molecule has 2 aromatic carbocycles. The van der Waals surface area contributed by atoms with E-state index in [0.29, 0.717) is 5.56 Å². The van der Waals surface area contributed by atoms with Gasteiger partial charge in [-0.25, -0.2) is 4.39 Å². The monoisotopic (exact) mass is 289 g/mol. The van der Waals surface area contributed by atoms with Crippen LogP contribution < -0.4 is 5.32 Å². The highest BCUT2D eigenvalue weighted by atomic mass is 35.5. The van der Waals surface area contributed by atoms with Crippen molar-refractivity contribution in [3.63, 3.8) is 0 Å². The zero-order valence-corrected chi connectivity index (χ0v) is 11.4. The molecule has 2 nitrogen and oxygen atoms in total. The first kappa shape index (κ1) is 13.1. The van der Waals surface area contributed by atoms with Crippen LogP contribution in [-0.4, -0.2) is 5.91 Å². The van der Waals surface area contributed by atoms with Crippen molar-refractivity contribution in [2.24, 2.45) is 0 Å². The number of rotatable bonds is 2. The third kappa shape index (κ3) is 2.29. The summed E-state index contributed by atoms with van der Waals surface area (Å²) in [6, 6.07) is 14.3. The van der Waals surface area contributed by atoms with E-state index in [1.807, 2.05) is 30.3 Å². The van der Waals surface area contributed by atoms with Crippen molar-refractivity contribution in [1.29, 1.82) is 0 Å². The Morgan fingerprint density at radius 2 is 1.85 bits per heavy atom. The Bertz CT molecular complexity index is 644. The van der Waals surface area contributed by atoms with E-state index in [1.165, 1.54) is 6.07 Å². The maximum atomic E-state index is 14.2. The van der Waals surface area contributed by atoms with Crippen LogP contribution in [0.25, 0.3) is 0 Å². The predicted molar refractivity (Wildman–Crippen MR) is 76.1 cm³/mol. The molecule has 0 aliphatic carbocycles. The zero-order valence-electron chi connectivity index (χ0n) is 10.6. The van der Waals surface area contributed by atoms with Gasteiger partial charge in [-0.15, -0.1) is 0 Å². The third-order valence-electron chi connectivity index (χ3n) is 3.66. The smallest absolute Gasteiger partial charge is 0.221 e. The van der Waals surface area contributed by atoms with Crippen molar-refractivity contribution in [1.82, 2.24) is 5.32 Å². The van der Waals surface area contributed by atoms with E-state index in [2.05, 4.69) is 5.32 Å². The number of carbonyl (C=O) groups is 1. The molecule has 0 spiro atoms. The largest absolute Gasteiger partial charge is 0.349 e. The molecule has 4 heteroatoms. The van der Waals surface area contributed by atoms with Crippen LogP contribution in [0.4, 0.5) is 4.39 Å². The average Bonchev–Trinajstić information content (AvgIpc) is 2.85. The standard InChI is InChI=1S/C16H13ClFNO/c17-13-8-4-7-11(15(13)18)12-9-14(20)19-16(12)10-5-2-1-3-6-10/h1-8,12,16H,9H2,(H,19,20). The number of amides is 1. The third-order valence-corrected chi connectivity index (χ3v) is 3.96. The minimum atomic E-state index is -0.434. The molecule has 20 heavy (non-hydrogen) atoms. The van der Waals surface area contributed by atoms with Crippen LogP contribution in [0.5, 0.6) is 0 Å². The van der Waals surface area contributed by atoms with Crippen molar-refractivity contribution in [2.75, 3.05) is 0 Å². The number of carbonyl (C=O) groups excluding carboxylic acids is 1. The fraction of sp³-hybridized carbons (Fsp3) is 0.188. The van der Waals surface area contributed by atoms with E-state index in [4.69, 9.17) is 11.6 Å². The van der Waals surface area contributed by atoms with Crippen molar-refractivity contribution in [3.05, 3.63) is 70.5 Å². The van der Waals surface area contributed by atoms with Gasteiger partial charge in [-0.05, 0) is 17.2 Å². The Kier molecular flexibility index (Phi) is 3.45. The van der Waals surface area contributed by atoms with Crippen LogP contribution >= 0.6 is 11.6 Å². The molecule has 1 heterocycles. The molecule has 2 unspecified atom stereocenters. The molecular formula is C16H13ClFNO. The molecule has 3 rings (SSSR count). The highest BCUT2D eigenvalue weighted by molar-refractivity contribution is 6.30. The summed E-state index contributed by atoms with van der Waals surface area (Å²) in [6.07, 6.45) is 0.275. The van der Waals surface area contributed by atoms with E-state index in [9.17, 15) is 9.18 Å². The first-order chi connectivity index (χ1) is 9.66. The summed E-state index contributed by atoms with van der Waals surface area (Å²) in [4.78, 5) is 11.7. The van der Waals surface area contributed by atoms with Gasteiger partial charge in [0.25, 0.3) is 0 Å². The van der Waals surface area contributed by atoms with Crippen LogP contribution in [0.15, 0.2) is 48.5 Å². The van der Waals surface area contributed by atoms with Crippen LogP contribution in [0.3, 0.4) is 0 Å². The lowest BCUT2D eigenvalue weighted by Gasteiger charge is -2.20. The van der Waals surface area contributed by atoms with Gasteiger partial charge >= 0.3 is 0 Å². The van der Waals surface area contributed by atoms with Gasteiger partial charge in [0, 0.05) is 12.3 Å². The molecule has 0 saturated carbocycles. The lowest BCUT2D eigenvalue weighted by Crippen LogP contribution is -2.20. The number of nitrogens with one attached hydrogen (secondary N) is 1. The summed E-state index contributed by atoms with van der Waals surface area (Å²) in [5.74, 6) is -0.733. The summed E-state index contributed by atoms with van der Waals surface area (Å²) in [5.41, 5.74) is 1.47. The number of halogens is 2. The summed E-state index contributed by atoms with van der Waals surface area (Å²) < 4.78 is 14.2. The fourth-order valence-electron chi connectivity index (χ4n) is 2.72. The number of benzene rings is 2. The van der Waals surface area contributed by atoms with E-state index >= 15 is 0 Å². The van der Waals surface area contributed by atoms with Gasteiger partial charge in [-0.3, -0.25) is 4.79 Å². The second-order valence-corrected chi connectivity index (χ2v) is 5.32. The normalized spacial score (nSPS) is 21.8. The van der Waals surface area contributed by atoms with Crippen molar-refractivity contribution >= 4 is 17.5 Å². The first-order valence-electron chi connectivity index (χ1n) is 6.45. The molecular weight excluding hydrogens is 277 g/mol. The average molecular weight is 290 g/mol. The summed E-state index contributed by atoms with van der Waals surface area (Å²) in [5, 5.41) is 3.01. The summed E-state index contributed by atoms with van der Waals surface area (Å²) >= 11 is 5.84. The molecule has 1 saturated heterocycles. The second-order valence-electron chi connectivity index (χ2n) is 4.91. The van der Waals surface area contributed by atoms with Crippen molar-refractivity contribution in [2.45, 2.75) is 18.4 Å². The quantitative estimate of drug-likeness (QED) is 0.894. The van der Waals surface area contributed by atoms with E-state index in [-0.39, 0.29) is 29.3 Å². The molecule has 102 valence electrons. The maximum Gasteiger partial charge on any atom is 0.221 e. The minimum Gasteiger partial charge on any atom is -0.349 e. The molecule has 1 N–H and O–H groups in total. The van der Waals surface area contributed by atoms with Gasteiger partial charge in [0.05, 0.1) is 11.1 Å². The lowest BCUT2D eigenvalue weighted by atomic mass is 9.87. The molecule has 1 aliphatic heterocycles. The minimum absolute atomic E-state index is 0.0665. The van der Waals surface area contributed by atoms with Crippen LogP contribution in [0.2, 0.25) is 5.02 Å². The Labute approximate surface area is 121 Å². The Balaban J connectivity index is 2.03. The molecule has 0 bridgehead atoms. The van der Waals surface area contributed by atoms with Crippen LogP contribution in [0.1, 0.15) is 29.5 Å². The number of hydrogen-bond donors (Lipinski definition) is 1. The Morgan fingerprint density at radius 3 is 2.60 bits per heavy atom. The first-order valence-corrected chi connectivity index (χ1v) is 6.83. The van der Waals surface area contributed by atoms with Gasteiger partial charge in [0.2, 0.25) is 5.91 Å². The molecule has 0 radical (unpaired) electrons. The Morgan fingerprint density at radius 1 is 1.10 bits per heavy atom. The van der Waals surface area contributed by atoms with Crippen molar-refractivity contribution in [3.8, 4) is 0 Å². The van der Waals surface area contributed by atoms with Gasteiger partial charge in [-0.1, -0.05) is 54.1 Å². The summed E-state index contributed by atoms with van der Waals surface area (Å²) in [7, 11) is 0. The summed E-state index contributed by atoms with van der Waals surface area (Å²) in [6.45, 7) is 0. The fourth-order valence-corrected chi connectivity index (χ4v) is 2.90. The molecule has 1 fully saturated rings. The SMILES string of the molecule is O=C1CC(c2cccc(Cl)c2F)C(c2ccccc2)N1. The van der Waals surface area contributed by atoms with E-state index in [0.717, 1.165) is 5.56 Å². The Hall–Kier alpha value is -1.87. The van der Waals surface area contributed by atoms with Crippen molar-refractivity contribution < 1.29 is 9.18 Å². The predicted octanol–water partition coefficient (Wildman–Crippen LogP) is 3.82. The highest BCUT2D eigenvalue weighted by Gasteiger charge is 2.36. The lowest BCUT2D eigenvalue weighted by molar-refractivity contribution is -0.119. The van der Waals surface area contributed by atoms with Gasteiger partial charge in [0.15, 0.2) is 0 Å². The molecule has 2 atom stereocenters. The molecule has 1 aliphatic rings. The van der Waals surface area contributed by atoms with E-state index < -0.39 is 5.82 Å². The van der Waals surface area contributed by atoms with Gasteiger partial charge in [0.1, 0.15) is 5.82 Å². The molecule has 0 aromatic heterocycles. The maximum absolute atomic E-state index is 14.2.